The van der Waals surface area contributed by atoms with Crippen LogP contribution < -0.4 is 4.74 Å². The summed E-state index contributed by atoms with van der Waals surface area (Å²) in [5.41, 5.74) is 1.07. The minimum absolute atomic E-state index is 0.242. The van der Waals surface area contributed by atoms with Crippen LogP contribution in [0.4, 0.5) is 0 Å². The van der Waals surface area contributed by atoms with Gasteiger partial charge in [0.1, 0.15) is 12.4 Å². The van der Waals surface area contributed by atoms with E-state index in [2.05, 4.69) is 22.1 Å². The first kappa shape index (κ1) is 16.0. The van der Waals surface area contributed by atoms with Crippen molar-refractivity contribution in [2.24, 2.45) is 0 Å². The number of aliphatic hydroxyl groups excluding tert-OH is 1. The number of benzene rings is 1. The first-order valence-electron chi connectivity index (χ1n) is 7.68. The molecule has 0 bridgehead atoms. The van der Waals surface area contributed by atoms with Crippen molar-refractivity contribution in [2.45, 2.75) is 36.6 Å². The maximum absolute atomic E-state index is 10.1. The van der Waals surface area contributed by atoms with Gasteiger partial charge >= 0.3 is 0 Å². The molecule has 6 nitrogen and oxygen atoms in total. The lowest BCUT2D eigenvalue weighted by atomic mass is 10.1. The summed E-state index contributed by atoms with van der Waals surface area (Å²) in [4.78, 5) is 0. The molecule has 1 atom stereocenters. The van der Waals surface area contributed by atoms with E-state index in [0.29, 0.717) is 11.8 Å². The Morgan fingerprint density at radius 2 is 2.26 bits per heavy atom. The molecule has 0 aliphatic heterocycles. The normalized spacial score (nSPS) is 15.3. The van der Waals surface area contributed by atoms with Crippen molar-refractivity contribution in [1.82, 2.24) is 20.2 Å². The van der Waals surface area contributed by atoms with Crippen LogP contribution in [-0.4, -0.2) is 43.8 Å². The number of tetrazole rings is 1. The number of aliphatic hydroxyl groups is 1. The van der Waals surface area contributed by atoms with Gasteiger partial charge in [-0.1, -0.05) is 36.0 Å². The van der Waals surface area contributed by atoms with Crippen molar-refractivity contribution >= 4 is 11.8 Å². The smallest absolute Gasteiger partial charge is 0.209 e. The Labute approximate surface area is 139 Å². The van der Waals surface area contributed by atoms with Crippen LogP contribution in [0.15, 0.2) is 42.1 Å². The molecule has 0 saturated heterocycles. The van der Waals surface area contributed by atoms with Gasteiger partial charge < -0.3 is 9.84 Å². The fourth-order valence-electron chi connectivity index (χ4n) is 2.20. The quantitative estimate of drug-likeness (QED) is 0.561. The molecular weight excluding hydrogens is 312 g/mol. The van der Waals surface area contributed by atoms with Crippen LogP contribution in [0.1, 0.15) is 24.4 Å². The Morgan fingerprint density at radius 3 is 3.04 bits per heavy atom. The average molecular weight is 332 g/mol. The maximum atomic E-state index is 10.1. The van der Waals surface area contributed by atoms with E-state index in [4.69, 9.17) is 4.74 Å². The van der Waals surface area contributed by atoms with Gasteiger partial charge in [0.25, 0.3) is 0 Å². The van der Waals surface area contributed by atoms with Crippen LogP contribution in [-0.2, 0) is 6.42 Å². The highest BCUT2D eigenvalue weighted by atomic mass is 32.2. The molecule has 1 aromatic heterocycles. The fraction of sp³-hybridized carbons (Fsp3) is 0.438. The zero-order chi connectivity index (χ0) is 16.1. The zero-order valence-electron chi connectivity index (χ0n) is 12.8. The fourth-order valence-corrected chi connectivity index (χ4v) is 3.05. The van der Waals surface area contributed by atoms with Gasteiger partial charge in [-0.3, -0.25) is 0 Å². The van der Waals surface area contributed by atoms with Crippen molar-refractivity contribution in [3.63, 3.8) is 0 Å². The lowest BCUT2D eigenvalue weighted by Crippen LogP contribution is -2.20. The van der Waals surface area contributed by atoms with Gasteiger partial charge in [0.2, 0.25) is 5.16 Å². The van der Waals surface area contributed by atoms with Gasteiger partial charge in [0.15, 0.2) is 0 Å². The topological polar surface area (TPSA) is 73.1 Å². The van der Waals surface area contributed by atoms with Gasteiger partial charge in [0.05, 0.1) is 12.1 Å². The molecule has 1 heterocycles. The molecule has 2 aromatic rings. The molecule has 0 amide bonds. The highest BCUT2D eigenvalue weighted by Gasteiger charge is 2.28. The molecule has 1 aromatic carbocycles. The summed E-state index contributed by atoms with van der Waals surface area (Å²) < 4.78 is 7.59. The van der Waals surface area contributed by atoms with Gasteiger partial charge in [-0.25, -0.2) is 4.68 Å². The number of nitrogens with zero attached hydrogens (tertiary/aromatic N) is 4. The molecule has 1 aliphatic carbocycles. The molecule has 1 N–H and O–H groups in total. The summed E-state index contributed by atoms with van der Waals surface area (Å²) in [5.74, 6) is 1.29. The predicted octanol–water partition coefficient (Wildman–Crippen LogP) is 2.27. The van der Waals surface area contributed by atoms with Gasteiger partial charge in [-0.05, 0) is 41.3 Å². The van der Waals surface area contributed by atoms with Crippen LogP contribution in [0.3, 0.4) is 0 Å². The van der Waals surface area contributed by atoms with Crippen molar-refractivity contribution in [3.8, 4) is 5.75 Å². The third-order valence-corrected chi connectivity index (χ3v) is 4.61. The molecular formula is C16H20N4O2S. The summed E-state index contributed by atoms with van der Waals surface area (Å²) in [7, 11) is 0. The van der Waals surface area contributed by atoms with Crippen LogP contribution in [0.2, 0.25) is 0 Å². The number of thioether (sulfide) groups is 1. The third-order valence-electron chi connectivity index (χ3n) is 3.53. The standard InChI is InChI=1S/C16H20N4O2S/c1-2-5-12-6-3-4-7-15(12)22-10-14(21)11-23-16-17-18-19-20(16)13-8-9-13/h2-4,6-7,13-14,21H,1,5,8-11H2. The summed E-state index contributed by atoms with van der Waals surface area (Å²) in [6, 6.07) is 8.24. The number of hydrogen-bond donors (Lipinski definition) is 1. The molecule has 1 fully saturated rings. The van der Waals surface area contributed by atoms with E-state index < -0.39 is 6.10 Å². The van der Waals surface area contributed by atoms with E-state index in [1.807, 2.05) is 35.0 Å². The van der Waals surface area contributed by atoms with E-state index in [1.165, 1.54) is 11.8 Å². The second-order valence-corrected chi connectivity index (χ2v) is 6.50. The number of allylic oxidation sites excluding steroid dienone is 1. The molecule has 0 radical (unpaired) electrons. The summed E-state index contributed by atoms with van der Waals surface area (Å²) >= 11 is 1.46. The van der Waals surface area contributed by atoms with Crippen LogP contribution in [0.25, 0.3) is 0 Å². The lowest BCUT2D eigenvalue weighted by molar-refractivity contribution is 0.126. The monoisotopic (exact) mass is 332 g/mol. The molecule has 122 valence electrons. The Hall–Kier alpha value is -1.86. The van der Waals surface area contributed by atoms with Crippen LogP contribution >= 0.6 is 11.8 Å². The van der Waals surface area contributed by atoms with Gasteiger partial charge in [-0.15, -0.1) is 11.7 Å². The maximum Gasteiger partial charge on any atom is 0.209 e. The first-order chi connectivity index (χ1) is 11.3. The summed E-state index contributed by atoms with van der Waals surface area (Å²) in [6.07, 6.45) is 4.26. The lowest BCUT2D eigenvalue weighted by Gasteiger charge is -2.14. The summed E-state index contributed by atoms with van der Waals surface area (Å²) in [5, 5.41) is 22.6. The number of ether oxygens (including phenoxy) is 1. The van der Waals surface area contributed by atoms with Crippen LogP contribution in [0.5, 0.6) is 5.75 Å². The minimum Gasteiger partial charge on any atom is -0.491 e. The van der Waals surface area contributed by atoms with E-state index in [1.54, 1.807) is 0 Å². The number of hydrogen-bond acceptors (Lipinski definition) is 6. The second kappa shape index (κ2) is 7.61. The first-order valence-corrected chi connectivity index (χ1v) is 8.67. The molecule has 1 saturated carbocycles. The second-order valence-electron chi connectivity index (χ2n) is 5.51. The van der Waals surface area contributed by atoms with E-state index in [0.717, 1.165) is 35.7 Å². The third kappa shape index (κ3) is 4.33. The van der Waals surface area contributed by atoms with E-state index in [-0.39, 0.29) is 6.61 Å². The Balaban J connectivity index is 1.49. The van der Waals surface area contributed by atoms with Crippen molar-refractivity contribution < 1.29 is 9.84 Å². The molecule has 0 spiro atoms. The summed E-state index contributed by atoms with van der Waals surface area (Å²) in [6.45, 7) is 3.99. The van der Waals surface area contributed by atoms with Crippen molar-refractivity contribution in [3.05, 3.63) is 42.5 Å². The number of rotatable bonds is 9. The molecule has 3 rings (SSSR count). The Bertz CT molecular complexity index is 657. The van der Waals surface area contributed by atoms with Gasteiger partial charge in [0, 0.05) is 5.75 Å². The molecule has 1 unspecified atom stereocenters. The van der Waals surface area contributed by atoms with Crippen molar-refractivity contribution in [2.75, 3.05) is 12.4 Å². The average Bonchev–Trinajstić information content (AvgIpc) is 3.30. The minimum atomic E-state index is -0.582. The predicted molar refractivity (Wildman–Crippen MR) is 88.7 cm³/mol. The molecule has 1 aliphatic rings. The molecule has 7 heteroatoms. The highest BCUT2D eigenvalue weighted by Crippen LogP contribution is 2.36. The molecule has 23 heavy (non-hydrogen) atoms. The number of para-hydroxylation sites is 1. The Morgan fingerprint density at radius 1 is 1.43 bits per heavy atom. The SMILES string of the molecule is C=CCc1ccccc1OCC(O)CSc1nnnn1C1CC1. The number of aromatic nitrogens is 4. The van der Waals surface area contributed by atoms with E-state index in [9.17, 15) is 5.11 Å². The van der Waals surface area contributed by atoms with Gasteiger partial charge in [-0.2, -0.15) is 0 Å². The highest BCUT2D eigenvalue weighted by molar-refractivity contribution is 7.99. The Kier molecular flexibility index (Phi) is 5.30. The van der Waals surface area contributed by atoms with Crippen molar-refractivity contribution in [1.29, 1.82) is 0 Å². The van der Waals surface area contributed by atoms with E-state index >= 15 is 0 Å². The largest absolute Gasteiger partial charge is 0.491 e. The van der Waals surface area contributed by atoms with Crippen LogP contribution in [0, 0.1) is 0 Å². The zero-order valence-corrected chi connectivity index (χ0v) is 13.7.